The molecule has 0 bridgehead atoms. The molecule has 0 radical (unpaired) electrons. The molecule has 5 heteroatoms. The molecule has 0 aliphatic carbocycles. The highest BCUT2D eigenvalue weighted by molar-refractivity contribution is 5.88. The van der Waals surface area contributed by atoms with E-state index in [1.54, 1.807) is 0 Å². The van der Waals surface area contributed by atoms with Gasteiger partial charge in [0.15, 0.2) is 0 Å². The molecule has 2 aromatic carbocycles. The number of carboxylic acids is 1. The predicted octanol–water partition coefficient (Wildman–Crippen LogP) is 3.78. The molecule has 0 amide bonds. The first-order valence-corrected chi connectivity index (χ1v) is 5.39. The van der Waals surface area contributed by atoms with Crippen molar-refractivity contribution in [2.75, 3.05) is 0 Å². The summed E-state index contributed by atoms with van der Waals surface area (Å²) in [5, 5.41) is 8.69. The zero-order valence-electron chi connectivity index (χ0n) is 9.88. The molecule has 0 fully saturated rings. The van der Waals surface area contributed by atoms with Crippen LogP contribution >= 0.6 is 0 Å². The van der Waals surface area contributed by atoms with Crippen molar-refractivity contribution in [3.05, 3.63) is 58.9 Å². The van der Waals surface area contributed by atoms with Crippen molar-refractivity contribution in [3.63, 3.8) is 0 Å². The standard InChI is InChI=1S/C14H9F3O2/c1-7-2-5-10(15)12(13(7)17)8-3-4-9(14(18)19)11(16)6-8/h2-6H,1H3,(H,18,19). The molecule has 0 atom stereocenters. The van der Waals surface area contributed by atoms with Gasteiger partial charge in [-0.1, -0.05) is 12.1 Å². The maximum Gasteiger partial charge on any atom is 0.338 e. The summed E-state index contributed by atoms with van der Waals surface area (Å²) in [4.78, 5) is 10.7. The van der Waals surface area contributed by atoms with Gasteiger partial charge in [0.1, 0.15) is 17.5 Å². The Bertz CT molecular complexity index is 666. The second-order valence-electron chi connectivity index (χ2n) is 4.05. The zero-order chi connectivity index (χ0) is 14.2. The number of halogens is 3. The lowest BCUT2D eigenvalue weighted by Crippen LogP contribution is -2.01. The van der Waals surface area contributed by atoms with E-state index in [-0.39, 0.29) is 16.7 Å². The highest BCUT2D eigenvalue weighted by atomic mass is 19.1. The van der Waals surface area contributed by atoms with Gasteiger partial charge in [-0.3, -0.25) is 0 Å². The van der Waals surface area contributed by atoms with Crippen LogP contribution < -0.4 is 0 Å². The molecule has 2 aromatic rings. The molecule has 98 valence electrons. The highest BCUT2D eigenvalue weighted by Gasteiger charge is 2.17. The third-order valence-electron chi connectivity index (χ3n) is 2.77. The van der Waals surface area contributed by atoms with E-state index in [0.29, 0.717) is 0 Å². The van der Waals surface area contributed by atoms with Crippen LogP contribution in [0.1, 0.15) is 15.9 Å². The maximum absolute atomic E-state index is 13.9. The Morgan fingerprint density at radius 1 is 1.05 bits per heavy atom. The largest absolute Gasteiger partial charge is 0.478 e. The molecule has 0 aliphatic heterocycles. The molecule has 19 heavy (non-hydrogen) atoms. The van der Waals surface area contributed by atoms with Crippen LogP contribution in [0.3, 0.4) is 0 Å². The molecule has 0 aromatic heterocycles. The Labute approximate surface area is 107 Å². The quantitative estimate of drug-likeness (QED) is 0.898. The summed E-state index contributed by atoms with van der Waals surface area (Å²) in [5.41, 5.74) is -0.728. The predicted molar refractivity (Wildman–Crippen MR) is 63.4 cm³/mol. The smallest absolute Gasteiger partial charge is 0.338 e. The van der Waals surface area contributed by atoms with Gasteiger partial charge in [0.25, 0.3) is 0 Å². The lowest BCUT2D eigenvalue weighted by Gasteiger charge is -2.08. The molecular weight excluding hydrogens is 257 g/mol. The Hall–Kier alpha value is -2.30. The Morgan fingerprint density at radius 2 is 1.74 bits per heavy atom. The minimum absolute atomic E-state index is 0.0406. The average molecular weight is 266 g/mol. The van der Waals surface area contributed by atoms with Crippen LogP contribution in [0.2, 0.25) is 0 Å². The summed E-state index contributed by atoms with van der Waals surface area (Å²) in [6.45, 7) is 1.46. The summed E-state index contributed by atoms with van der Waals surface area (Å²) in [6, 6.07) is 5.32. The van der Waals surface area contributed by atoms with E-state index in [2.05, 4.69) is 0 Å². The zero-order valence-corrected chi connectivity index (χ0v) is 9.88. The number of carboxylic acid groups (broad SMARTS) is 1. The Kier molecular flexibility index (Phi) is 3.29. The van der Waals surface area contributed by atoms with E-state index < -0.39 is 29.0 Å². The van der Waals surface area contributed by atoms with E-state index in [4.69, 9.17) is 5.11 Å². The molecule has 0 saturated heterocycles. The molecule has 0 aliphatic rings. The first-order valence-electron chi connectivity index (χ1n) is 5.39. The van der Waals surface area contributed by atoms with Crippen molar-refractivity contribution < 1.29 is 23.1 Å². The minimum atomic E-state index is -1.44. The second-order valence-corrected chi connectivity index (χ2v) is 4.05. The van der Waals surface area contributed by atoms with E-state index in [0.717, 1.165) is 18.2 Å². The molecule has 1 N–H and O–H groups in total. The second kappa shape index (κ2) is 4.76. The lowest BCUT2D eigenvalue weighted by atomic mass is 10.00. The van der Waals surface area contributed by atoms with Gasteiger partial charge in [0.05, 0.1) is 11.1 Å². The fourth-order valence-electron chi connectivity index (χ4n) is 1.77. The van der Waals surface area contributed by atoms with E-state index in [1.807, 2.05) is 0 Å². The first kappa shape index (κ1) is 13.1. The summed E-state index contributed by atoms with van der Waals surface area (Å²) in [5.74, 6) is -4.09. The molecule has 0 saturated carbocycles. The number of hydrogen-bond acceptors (Lipinski definition) is 1. The Morgan fingerprint density at radius 3 is 2.32 bits per heavy atom. The van der Waals surface area contributed by atoms with E-state index in [9.17, 15) is 18.0 Å². The normalized spacial score (nSPS) is 10.5. The lowest BCUT2D eigenvalue weighted by molar-refractivity contribution is 0.0692. The van der Waals surface area contributed by atoms with Gasteiger partial charge in [0.2, 0.25) is 0 Å². The molecule has 0 heterocycles. The first-order chi connectivity index (χ1) is 8.91. The van der Waals surface area contributed by atoms with Crippen molar-refractivity contribution in [1.29, 1.82) is 0 Å². The van der Waals surface area contributed by atoms with Crippen LogP contribution in [0.4, 0.5) is 13.2 Å². The molecule has 0 unspecified atom stereocenters. The fourth-order valence-corrected chi connectivity index (χ4v) is 1.77. The van der Waals surface area contributed by atoms with Gasteiger partial charge in [-0.2, -0.15) is 0 Å². The van der Waals surface area contributed by atoms with Gasteiger partial charge in [0, 0.05) is 0 Å². The van der Waals surface area contributed by atoms with Crippen LogP contribution in [0.15, 0.2) is 30.3 Å². The number of hydrogen-bond donors (Lipinski definition) is 1. The summed E-state index contributed by atoms with van der Waals surface area (Å²) in [7, 11) is 0. The molecular formula is C14H9F3O2. The third-order valence-corrected chi connectivity index (χ3v) is 2.77. The van der Waals surface area contributed by atoms with Crippen LogP contribution in [-0.2, 0) is 0 Å². The van der Waals surface area contributed by atoms with Crippen LogP contribution in [-0.4, -0.2) is 11.1 Å². The monoisotopic (exact) mass is 266 g/mol. The molecule has 2 rings (SSSR count). The van der Waals surface area contributed by atoms with Crippen molar-refractivity contribution in [2.24, 2.45) is 0 Å². The van der Waals surface area contributed by atoms with Crippen LogP contribution in [0.25, 0.3) is 11.1 Å². The van der Waals surface area contributed by atoms with Gasteiger partial charge in [-0.25, -0.2) is 18.0 Å². The van der Waals surface area contributed by atoms with Crippen molar-refractivity contribution in [3.8, 4) is 11.1 Å². The minimum Gasteiger partial charge on any atom is -0.478 e. The van der Waals surface area contributed by atoms with E-state index in [1.165, 1.54) is 19.1 Å². The van der Waals surface area contributed by atoms with Crippen LogP contribution in [0.5, 0.6) is 0 Å². The highest BCUT2D eigenvalue weighted by Crippen LogP contribution is 2.29. The number of aryl methyl sites for hydroxylation is 1. The van der Waals surface area contributed by atoms with Crippen LogP contribution in [0, 0.1) is 24.4 Å². The maximum atomic E-state index is 13.9. The number of carbonyl (C=O) groups is 1. The SMILES string of the molecule is Cc1ccc(F)c(-c2ccc(C(=O)O)c(F)c2)c1F. The van der Waals surface area contributed by atoms with Crippen molar-refractivity contribution in [1.82, 2.24) is 0 Å². The Balaban J connectivity index is 2.64. The number of aromatic carboxylic acids is 1. The molecule has 0 spiro atoms. The summed E-state index contributed by atoms with van der Waals surface area (Å²) < 4.78 is 41.0. The number of benzene rings is 2. The topological polar surface area (TPSA) is 37.3 Å². The third kappa shape index (κ3) is 2.31. The summed E-state index contributed by atoms with van der Waals surface area (Å²) in [6.07, 6.45) is 0. The average Bonchev–Trinajstić information content (AvgIpc) is 2.34. The van der Waals surface area contributed by atoms with E-state index >= 15 is 0 Å². The number of rotatable bonds is 2. The molecule has 2 nitrogen and oxygen atoms in total. The van der Waals surface area contributed by atoms with Crippen molar-refractivity contribution in [2.45, 2.75) is 6.92 Å². The fraction of sp³-hybridized carbons (Fsp3) is 0.0714. The summed E-state index contributed by atoms with van der Waals surface area (Å²) >= 11 is 0. The van der Waals surface area contributed by atoms with Gasteiger partial charge < -0.3 is 5.11 Å². The van der Waals surface area contributed by atoms with Crippen molar-refractivity contribution >= 4 is 5.97 Å². The van der Waals surface area contributed by atoms with Gasteiger partial charge in [-0.15, -0.1) is 0 Å². The van der Waals surface area contributed by atoms with Gasteiger partial charge in [-0.05, 0) is 36.2 Å². The van der Waals surface area contributed by atoms with Gasteiger partial charge >= 0.3 is 5.97 Å².